The first-order valence-corrected chi connectivity index (χ1v) is 17.6. The number of rotatable bonds is 3. The molecule has 3 aliphatic heterocycles. The maximum atomic E-state index is 7.19. The second kappa shape index (κ2) is 11.9. The van der Waals surface area contributed by atoms with Crippen LogP contribution in [0, 0.1) is 0 Å². The van der Waals surface area contributed by atoms with E-state index in [0.717, 1.165) is 90.0 Å². The highest BCUT2D eigenvalue weighted by molar-refractivity contribution is 5.96. The molecular formula is C49H33NO2. The Labute approximate surface area is 303 Å². The Kier molecular flexibility index (Phi) is 6.87. The fourth-order valence-electron chi connectivity index (χ4n) is 8.29. The van der Waals surface area contributed by atoms with Crippen molar-refractivity contribution in [2.24, 2.45) is 0 Å². The van der Waals surface area contributed by atoms with Gasteiger partial charge in [-0.05, 0) is 70.8 Å². The molecule has 3 aliphatic rings. The summed E-state index contributed by atoms with van der Waals surface area (Å²) in [5, 5.41) is 0. The van der Waals surface area contributed by atoms with Gasteiger partial charge in [-0.3, -0.25) is 0 Å². The van der Waals surface area contributed by atoms with Gasteiger partial charge in [-0.15, -0.1) is 0 Å². The fourth-order valence-corrected chi connectivity index (χ4v) is 8.29. The summed E-state index contributed by atoms with van der Waals surface area (Å²) in [5.74, 6) is 3.31. The van der Waals surface area contributed by atoms with Crippen LogP contribution in [0.1, 0.15) is 27.8 Å². The molecule has 3 heterocycles. The van der Waals surface area contributed by atoms with E-state index in [0.29, 0.717) is 0 Å². The number of hydrogen-bond acceptors (Lipinski definition) is 3. The van der Waals surface area contributed by atoms with Gasteiger partial charge >= 0.3 is 0 Å². The van der Waals surface area contributed by atoms with Crippen LogP contribution in [0.3, 0.4) is 0 Å². The molecule has 0 bridgehead atoms. The zero-order valence-corrected chi connectivity index (χ0v) is 28.4. The smallest absolute Gasteiger partial charge is 0.140 e. The van der Waals surface area contributed by atoms with Crippen LogP contribution in [0.15, 0.2) is 195 Å². The minimum absolute atomic E-state index is 0.728. The summed E-state index contributed by atoms with van der Waals surface area (Å²) < 4.78 is 13.8. The molecule has 1 spiro atoms. The first kappa shape index (κ1) is 30.0. The maximum absolute atomic E-state index is 7.19. The van der Waals surface area contributed by atoms with Crippen molar-refractivity contribution < 1.29 is 9.47 Å². The van der Waals surface area contributed by atoms with Gasteiger partial charge in [-0.25, -0.2) is 0 Å². The van der Waals surface area contributed by atoms with Gasteiger partial charge in [0.2, 0.25) is 0 Å². The van der Waals surface area contributed by atoms with E-state index >= 15 is 0 Å². The van der Waals surface area contributed by atoms with Gasteiger partial charge in [0.15, 0.2) is 0 Å². The van der Waals surface area contributed by atoms with E-state index in [4.69, 9.17) is 9.47 Å². The Balaban J connectivity index is 1.28. The number of hydrogen-bond donors (Lipinski definition) is 0. The van der Waals surface area contributed by atoms with Gasteiger partial charge in [0.1, 0.15) is 23.0 Å². The lowest BCUT2D eigenvalue weighted by Gasteiger charge is -2.45. The number of allylic oxidation sites excluding steroid dienone is 4. The quantitative estimate of drug-likeness (QED) is 0.187. The molecule has 0 aliphatic carbocycles. The van der Waals surface area contributed by atoms with Crippen LogP contribution in [0.25, 0.3) is 27.8 Å². The molecule has 0 amide bonds. The number of fused-ring (bicyclic) bond motifs is 9. The van der Waals surface area contributed by atoms with Crippen molar-refractivity contribution in [2.75, 3.05) is 4.90 Å². The molecule has 7 aromatic carbocycles. The Morgan fingerprint density at radius 1 is 0.481 bits per heavy atom. The van der Waals surface area contributed by atoms with Crippen LogP contribution < -0.4 is 14.4 Å². The monoisotopic (exact) mass is 667 g/mol. The van der Waals surface area contributed by atoms with E-state index in [1.807, 2.05) is 18.2 Å². The largest absolute Gasteiger partial charge is 0.457 e. The number of ether oxygens (including phenoxy) is 2. The predicted octanol–water partition coefficient (Wildman–Crippen LogP) is 12.8. The molecule has 0 atom stereocenters. The van der Waals surface area contributed by atoms with Crippen LogP contribution in [-0.2, 0) is 5.41 Å². The molecule has 3 heteroatoms. The zero-order chi connectivity index (χ0) is 34.6. The van der Waals surface area contributed by atoms with E-state index in [9.17, 15) is 0 Å². The van der Waals surface area contributed by atoms with Crippen molar-refractivity contribution in [3.63, 3.8) is 0 Å². The molecule has 0 N–H and O–H groups in total. The lowest BCUT2D eigenvalue weighted by Crippen LogP contribution is -2.37. The average Bonchev–Trinajstić information content (AvgIpc) is 3.20. The molecule has 7 aromatic rings. The van der Waals surface area contributed by atoms with Crippen molar-refractivity contribution in [1.29, 1.82) is 0 Å². The van der Waals surface area contributed by atoms with Gasteiger partial charge in [0.25, 0.3) is 0 Å². The van der Waals surface area contributed by atoms with Crippen LogP contribution in [-0.4, -0.2) is 0 Å². The average molecular weight is 668 g/mol. The van der Waals surface area contributed by atoms with Crippen LogP contribution in [0.5, 0.6) is 23.0 Å². The molecule has 0 saturated carbocycles. The van der Waals surface area contributed by atoms with Crippen LogP contribution in [0.4, 0.5) is 11.4 Å². The molecule has 246 valence electrons. The molecule has 0 aromatic heterocycles. The number of nitrogens with zero attached hydrogens (tertiary/aromatic N) is 1. The second-order valence-corrected chi connectivity index (χ2v) is 13.3. The Morgan fingerprint density at radius 3 is 1.88 bits per heavy atom. The van der Waals surface area contributed by atoms with Crippen LogP contribution >= 0.6 is 0 Å². The molecule has 0 radical (unpaired) electrons. The number of para-hydroxylation sites is 4. The number of benzene rings is 7. The summed E-state index contributed by atoms with van der Waals surface area (Å²) in [6.45, 7) is 4.60. The molecule has 0 fully saturated rings. The predicted molar refractivity (Wildman–Crippen MR) is 212 cm³/mol. The molecule has 10 rings (SSSR count). The molecule has 0 saturated heterocycles. The first-order chi connectivity index (χ1) is 25.7. The van der Waals surface area contributed by atoms with Gasteiger partial charge in [-0.1, -0.05) is 140 Å². The summed E-state index contributed by atoms with van der Waals surface area (Å²) >= 11 is 0. The SMILES string of the molecule is C=C1/C=C\C=C/N(c2ccccc2)c2cccc(-c3cccc4c3Oc3ccc(-c5ccccc5)cc3C43c4ccccc4Oc4ccccc43)c21. The molecule has 3 nitrogen and oxygen atoms in total. The summed E-state index contributed by atoms with van der Waals surface area (Å²) in [4.78, 5) is 2.23. The number of anilines is 2. The van der Waals surface area contributed by atoms with Crippen LogP contribution in [0.2, 0.25) is 0 Å². The highest BCUT2D eigenvalue weighted by Crippen LogP contribution is 2.63. The summed E-state index contributed by atoms with van der Waals surface area (Å²) in [7, 11) is 0. The zero-order valence-electron chi connectivity index (χ0n) is 28.4. The van der Waals surface area contributed by atoms with Gasteiger partial charge < -0.3 is 14.4 Å². The van der Waals surface area contributed by atoms with Crippen molar-refractivity contribution in [3.8, 4) is 45.3 Å². The third-order valence-corrected chi connectivity index (χ3v) is 10.5. The molecular weight excluding hydrogens is 635 g/mol. The Hall–Kier alpha value is -6.84. The van der Waals surface area contributed by atoms with E-state index in [-0.39, 0.29) is 0 Å². The topological polar surface area (TPSA) is 21.7 Å². The van der Waals surface area contributed by atoms with E-state index < -0.39 is 5.41 Å². The summed E-state index contributed by atoms with van der Waals surface area (Å²) in [5.41, 5.74) is 12.0. The van der Waals surface area contributed by atoms with Crippen molar-refractivity contribution in [1.82, 2.24) is 0 Å². The first-order valence-electron chi connectivity index (χ1n) is 17.6. The second-order valence-electron chi connectivity index (χ2n) is 13.3. The summed E-state index contributed by atoms with van der Waals surface area (Å²) in [6.07, 6.45) is 8.32. The van der Waals surface area contributed by atoms with E-state index in [1.165, 1.54) is 0 Å². The maximum Gasteiger partial charge on any atom is 0.140 e. The van der Waals surface area contributed by atoms with E-state index in [1.54, 1.807) is 0 Å². The minimum Gasteiger partial charge on any atom is -0.457 e. The van der Waals surface area contributed by atoms with Crippen molar-refractivity contribution in [3.05, 3.63) is 223 Å². The Morgan fingerprint density at radius 2 is 1.12 bits per heavy atom. The van der Waals surface area contributed by atoms with Gasteiger partial charge in [-0.2, -0.15) is 0 Å². The van der Waals surface area contributed by atoms with Gasteiger partial charge in [0, 0.05) is 45.3 Å². The highest BCUT2D eigenvalue weighted by atomic mass is 16.5. The lowest BCUT2D eigenvalue weighted by atomic mass is 9.61. The van der Waals surface area contributed by atoms with E-state index in [2.05, 4.69) is 181 Å². The highest BCUT2D eigenvalue weighted by Gasteiger charge is 2.51. The lowest BCUT2D eigenvalue weighted by molar-refractivity contribution is 0.400. The third kappa shape index (κ3) is 4.46. The molecule has 0 unspecified atom stereocenters. The normalized spacial score (nSPS) is 15.7. The summed E-state index contributed by atoms with van der Waals surface area (Å²) in [6, 6.07) is 57.6. The fraction of sp³-hybridized carbons (Fsp3) is 0.0204. The van der Waals surface area contributed by atoms with Crippen molar-refractivity contribution in [2.45, 2.75) is 5.41 Å². The Bertz CT molecular complexity index is 2550. The minimum atomic E-state index is -0.728. The van der Waals surface area contributed by atoms with Gasteiger partial charge in [0.05, 0.1) is 11.1 Å². The van der Waals surface area contributed by atoms with Crippen molar-refractivity contribution >= 4 is 16.9 Å². The standard InChI is InChI=1S/C49H33NO2/c1-33-16-12-13-31-50(36-19-6-3-7-20-36)43-26-15-21-37(47(33)43)38-22-14-25-41-48(38)52-46-30-29-35(34-17-4-2-5-18-34)32-42(46)49(41)39-23-8-10-27-44(39)51-45-28-11-9-24-40(45)49/h2-32H,1H2/b16-12-,31-13-. The molecule has 52 heavy (non-hydrogen) atoms. The third-order valence-electron chi connectivity index (χ3n) is 10.5.